The third-order valence-electron chi connectivity index (χ3n) is 6.25. The van der Waals surface area contributed by atoms with Crippen LogP contribution in [0, 0.1) is 6.92 Å². The van der Waals surface area contributed by atoms with Gasteiger partial charge in [-0.1, -0.05) is 74.5 Å². The summed E-state index contributed by atoms with van der Waals surface area (Å²) in [6.07, 6.45) is 2.27. The predicted octanol–water partition coefficient (Wildman–Crippen LogP) is 4.25. The molecule has 0 saturated heterocycles. The Morgan fingerprint density at radius 3 is 2.28 bits per heavy atom. The lowest BCUT2D eigenvalue weighted by Gasteiger charge is -2.33. The summed E-state index contributed by atoms with van der Waals surface area (Å²) in [6.45, 7) is 6.08. The Balaban J connectivity index is 2.03. The number of fused-ring (bicyclic) bond motifs is 1. The van der Waals surface area contributed by atoms with Crippen LogP contribution in [0.3, 0.4) is 0 Å². The summed E-state index contributed by atoms with van der Waals surface area (Å²) in [7, 11) is -3.80. The smallest absolute Gasteiger partial charge is 0.244 e. The molecule has 0 spiro atoms. The van der Waals surface area contributed by atoms with Crippen LogP contribution in [-0.2, 0) is 26.2 Å². The van der Waals surface area contributed by atoms with Gasteiger partial charge in [-0.25, -0.2) is 8.42 Å². The standard InChI is InChI=1S/C28H35N3O4S/c1-5-18-29-28(33)25(6-2)30(19-23-14-8-7-12-21(23)3)27(32)20-31(36(4,34)35)26-17-11-15-22-13-9-10-16-24(22)26/h7-17,25H,5-6,18-20H2,1-4H3,(H,29,33)/t25-/m1/s1. The van der Waals surface area contributed by atoms with Gasteiger partial charge in [0, 0.05) is 18.5 Å². The molecule has 0 fully saturated rings. The van der Waals surface area contributed by atoms with Gasteiger partial charge in [-0.05, 0) is 42.3 Å². The first-order valence-corrected chi connectivity index (χ1v) is 14.1. The van der Waals surface area contributed by atoms with Crippen molar-refractivity contribution in [2.75, 3.05) is 23.7 Å². The fourth-order valence-electron chi connectivity index (χ4n) is 4.28. The van der Waals surface area contributed by atoms with Crippen LogP contribution in [0.2, 0.25) is 0 Å². The molecule has 7 nitrogen and oxygen atoms in total. The van der Waals surface area contributed by atoms with Crippen molar-refractivity contribution >= 4 is 38.3 Å². The SMILES string of the molecule is CCCNC(=O)[C@@H](CC)N(Cc1ccccc1C)C(=O)CN(c1cccc2ccccc12)S(C)(=O)=O. The number of hydrogen-bond donors (Lipinski definition) is 1. The number of amides is 2. The van der Waals surface area contributed by atoms with Crippen LogP contribution in [0.4, 0.5) is 5.69 Å². The van der Waals surface area contributed by atoms with Gasteiger partial charge in [-0.2, -0.15) is 0 Å². The molecule has 0 radical (unpaired) electrons. The highest BCUT2D eigenvalue weighted by atomic mass is 32.2. The second kappa shape index (κ2) is 12.0. The van der Waals surface area contributed by atoms with Crippen LogP contribution < -0.4 is 9.62 Å². The van der Waals surface area contributed by atoms with Gasteiger partial charge >= 0.3 is 0 Å². The molecular formula is C28H35N3O4S. The van der Waals surface area contributed by atoms with Crippen molar-refractivity contribution in [1.29, 1.82) is 0 Å². The van der Waals surface area contributed by atoms with Crippen LogP contribution in [0.25, 0.3) is 10.8 Å². The van der Waals surface area contributed by atoms with Gasteiger partial charge in [0.2, 0.25) is 21.8 Å². The fourth-order valence-corrected chi connectivity index (χ4v) is 5.14. The monoisotopic (exact) mass is 509 g/mol. The van der Waals surface area contributed by atoms with E-state index < -0.39 is 28.5 Å². The molecule has 0 bridgehead atoms. The summed E-state index contributed by atoms with van der Waals surface area (Å²) in [5, 5.41) is 4.50. The third-order valence-corrected chi connectivity index (χ3v) is 7.38. The molecule has 3 aromatic carbocycles. The summed E-state index contributed by atoms with van der Waals surface area (Å²) in [4.78, 5) is 28.4. The minimum atomic E-state index is -3.80. The lowest BCUT2D eigenvalue weighted by atomic mass is 10.1. The number of aryl methyl sites for hydroxylation is 1. The number of benzene rings is 3. The van der Waals surface area contributed by atoms with Crippen molar-refractivity contribution in [2.45, 2.75) is 46.2 Å². The van der Waals surface area contributed by atoms with E-state index in [0.717, 1.165) is 38.9 Å². The number of rotatable bonds is 11. The van der Waals surface area contributed by atoms with Crippen molar-refractivity contribution in [3.63, 3.8) is 0 Å². The molecule has 192 valence electrons. The van der Waals surface area contributed by atoms with Gasteiger partial charge < -0.3 is 10.2 Å². The van der Waals surface area contributed by atoms with Crippen LogP contribution in [0.1, 0.15) is 37.8 Å². The summed E-state index contributed by atoms with van der Waals surface area (Å²) in [6, 6.07) is 19.8. The molecule has 2 amide bonds. The Labute approximate surface area is 214 Å². The zero-order valence-corrected chi connectivity index (χ0v) is 22.2. The molecule has 3 aromatic rings. The molecule has 8 heteroatoms. The lowest BCUT2D eigenvalue weighted by molar-refractivity contribution is -0.140. The summed E-state index contributed by atoms with van der Waals surface area (Å²) < 4.78 is 27.0. The largest absolute Gasteiger partial charge is 0.354 e. The van der Waals surface area contributed by atoms with E-state index in [-0.39, 0.29) is 12.5 Å². The van der Waals surface area contributed by atoms with Crippen LogP contribution in [0.5, 0.6) is 0 Å². The summed E-state index contributed by atoms with van der Waals surface area (Å²) in [5.74, 6) is -0.674. The molecule has 0 heterocycles. The van der Waals surface area contributed by atoms with E-state index in [2.05, 4.69) is 5.32 Å². The molecule has 1 atom stereocenters. The van der Waals surface area contributed by atoms with E-state index in [1.54, 1.807) is 12.1 Å². The van der Waals surface area contributed by atoms with Crippen molar-refractivity contribution in [2.24, 2.45) is 0 Å². The fraction of sp³-hybridized carbons (Fsp3) is 0.357. The molecule has 0 aliphatic heterocycles. The molecule has 0 aliphatic carbocycles. The normalized spacial score (nSPS) is 12.2. The second-order valence-corrected chi connectivity index (χ2v) is 10.8. The number of carbonyl (C=O) groups is 2. The predicted molar refractivity (Wildman–Crippen MR) is 145 cm³/mol. The quantitative estimate of drug-likeness (QED) is 0.419. The van der Waals surface area contributed by atoms with E-state index in [1.807, 2.05) is 75.4 Å². The van der Waals surface area contributed by atoms with Crippen molar-refractivity contribution in [3.8, 4) is 0 Å². The first kappa shape index (κ1) is 27.2. The zero-order valence-electron chi connectivity index (χ0n) is 21.4. The van der Waals surface area contributed by atoms with Gasteiger partial charge in [0.25, 0.3) is 0 Å². The first-order valence-electron chi connectivity index (χ1n) is 12.2. The van der Waals surface area contributed by atoms with Crippen LogP contribution >= 0.6 is 0 Å². The van der Waals surface area contributed by atoms with Gasteiger partial charge in [0.05, 0.1) is 11.9 Å². The summed E-state index contributed by atoms with van der Waals surface area (Å²) >= 11 is 0. The average Bonchev–Trinajstić information content (AvgIpc) is 2.86. The number of nitrogens with one attached hydrogen (secondary N) is 1. The number of hydrogen-bond acceptors (Lipinski definition) is 4. The van der Waals surface area contributed by atoms with E-state index in [1.165, 1.54) is 4.90 Å². The van der Waals surface area contributed by atoms with Crippen LogP contribution in [-0.4, -0.2) is 50.5 Å². The second-order valence-electron chi connectivity index (χ2n) is 8.93. The summed E-state index contributed by atoms with van der Waals surface area (Å²) in [5.41, 5.74) is 2.33. The minimum absolute atomic E-state index is 0.205. The van der Waals surface area contributed by atoms with Gasteiger partial charge in [-0.3, -0.25) is 13.9 Å². The molecule has 0 unspecified atom stereocenters. The van der Waals surface area contributed by atoms with Crippen molar-refractivity contribution in [3.05, 3.63) is 77.9 Å². The Morgan fingerprint density at radius 2 is 1.61 bits per heavy atom. The van der Waals surface area contributed by atoms with E-state index in [0.29, 0.717) is 18.7 Å². The number of nitrogens with zero attached hydrogens (tertiary/aromatic N) is 2. The highest BCUT2D eigenvalue weighted by Gasteiger charge is 2.32. The van der Waals surface area contributed by atoms with Gasteiger partial charge in [0.15, 0.2) is 0 Å². The van der Waals surface area contributed by atoms with Crippen molar-refractivity contribution < 1.29 is 18.0 Å². The number of carbonyl (C=O) groups excluding carboxylic acids is 2. The maximum absolute atomic E-state index is 13.8. The van der Waals surface area contributed by atoms with Gasteiger partial charge in [0.1, 0.15) is 12.6 Å². The number of anilines is 1. The maximum Gasteiger partial charge on any atom is 0.244 e. The highest BCUT2D eigenvalue weighted by Crippen LogP contribution is 2.29. The lowest BCUT2D eigenvalue weighted by Crippen LogP contribution is -2.52. The third kappa shape index (κ3) is 6.43. The Bertz CT molecular complexity index is 1320. The molecular weight excluding hydrogens is 474 g/mol. The maximum atomic E-state index is 13.8. The van der Waals surface area contributed by atoms with E-state index in [4.69, 9.17) is 0 Å². The molecule has 0 aromatic heterocycles. The van der Waals surface area contributed by atoms with E-state index >= 15 is 0 Å². The number of sulfonamides is 1. The van der Waals surface area contributed by atoms with Crippen LogP contribution in [0.15, 0.2) is 66.7 Å². The zero-order chi connectivity index (χ0) is 26.3. The van der Waals surface area contributed by atoms with Crippen molar-refractivity contribution in [1.82, 2.24) is 10.2 Å². The minimum Gasteiger partial charge on any atom is -0.354 e. The molecule has 3 rings (SSSR count). The average molecular weight is 510 g/mol. The molecule has 36 heavy (non-hydrogen) atoms. The Kier molecular flexibility index (Phi) is 9.09. The molecule has 1 N–H and O–H groups in total. The topological polar surface area (TPSA) is 86.8 Å². The van der Waals surface area contributed by atoms with Gasteiger partial charge in [-0.15, -0.1) is 0 Å². The first-order chi connectivity index (χ1) is 17.2. The Morgan fingerprint density at radius 1 is 0.944 bits per heavy atom. The highest BCUT2D eigenvalue weighted by molar-refractivity contribution is 7.92. The van der Waals surface area contributed by atoms with E-state index in [9.17, 15) is 18.0 Å². The Hall–Kier alpha value is -3.39. The molecule has 0 saturated carbocycles. The molecule has 0 aliphatic rings.